The fourth-order valence-electron chi connectivity index (χ4n) is 4.25. The fraction of sp³-hybridized carbons (Fsp3) is 0.364. The Hall–Kier alpha value is -3.30. The molecule has 9 nitrogen and oxygen atoms in total. The number of hydrazine groups is 1. The van der Waals surface area contributed by atoms with Gasteiger partial charge in [0.1, 0.15) is 5.82 Å². The van der Waals surface area contributed by atoms with Gasteiger partial charge >= 0.3 is 0 Å². The van der Waals surface area contributed by atoms with Gasteiger partial charge in [0.2, 0.25) is 5.91 Å². The van der Waals surface area contributed by atoms with E-state index in [0.29, 0.717) is 41.4 Å². The SMILES string of the molecule is CC(=O)N(N)C1=CC(c2c(NC3=CCCC=C3)c3c(n2N)CC(CO)CC3=O)=CCN1. The lowest BCUT2D eigenvalue weighted by atomic mass is 9.86. The van der Waals surface area contributed by atoms with Crippen molar-refractivity contribution in [3.8, 4) is 0 Å². The smallest absolute Gasteiger partial charge is 0.239 e. The van der Waals surface area contributed by atoms with Crippen LogP contribution in [-0.4, -0.2) is 39.6 Å². The van der Waals surface area contributed by atoms with E-state index in [9.17, 15) is 14.7 Å². The standard InChI is InChI=1S/C22H28N6O3/c1-13(30)27(23)19-11-15(7-8-25-19)22-21(26-16-5-3-2-4-6-16)20-17(28(22)24)9-14(12-29)10-18(20)31/h3,5-7,11,14,25-26,29H,2,4,8-10,12,23-24H2,1H3. The number of carbonyl (C=O) groups excluding carboxylic acids is 2. The van der Waals surface area contributed by atoms with E-state index < -0.39 is 0 Å². The van der Waals surface area contributed by atoms with Crippen LogP contribution in [0.15, 0.2) is 41.9 Å². The molecule has 1 amide bonds. The Morgan fingerprint density at radius 2 is 2.16 bits per heavy atom. The molecule has 7 N–H and O–H groups in total. The number of fused-ring (bicyclic) bond motifs is 1. The van der Waals surface area contributed by atoms with Crippen molar-refractivity contribution in [2.24, 2.45) is 11.8 Å². The zero-order valence-corrected chi connectivity index (χ0v) is 17.5. The van der Waals surface area contributed by atoms with Crippen LogP contribution in [0.4, 0.5) is 5.69 Å². The summed E-state index contributed by atoms with van der Waals surface area (Å²) in [4.78, 5) is 24.8. The highest BCUT2D eigenvalue weighted by molar-refractivity contribution is 6.07. The van der Waals surface area contributed by atoms with E-state index in [1.165, 1.54) is 11.6 Å². The summed E-state index contributed by atoms with van der Waals surface area (Å²) in [6.07, 6.45) is 12.5. The number of aliphatic hydroxyl groups is 1. The monoisotopic (exact) mass is 424 g/mol. The van der Waals surface area contributed by atoms with E-state index in [1.54, 1.807) is 6.08 Å². The molecule has 1 unspecified atom stereocenters. The number of nitrogen functional groups attached to an aromatic ring is 1. The summed E-state index contributed by atoms with van der Waals surface area (Å²) in [6, 6.07) is 0. The quantitative estimate of drug-likeness (QED) is 0.271. The molecule has 9 heteroatoms. The Labute approximate surface area is 180 Å². The number of nitrogens with zero attached hydrogens (tertiary/aromatic N) is 2. The van der Waals surface area contributed by atoms with Gasteiger partial charge < -0.3 is 21.6 Å². The summed E-state index contributed by atoms with van der Waals surface area (Å²) in [6.45, 7) is 1.76. The third kappa shape index (κ3) is 3.89. The van der Waals surface area contributed by atoms with E-state index in [0.717, 1.165) is 29.1 Å². The molecule has 0 bridgehead atoms. The number of amides is 1. The van der Waals surface area contributed by atoms with Crippen LogP contribution in [0.2, 0.25) is 0 Å². The second-order valence-corrected chi connectivity index (χ2v) is 8.02. The molecule has 2 heterocycles. The van der Waals surface area contributed by atoms with Crippen LogP contribution in [0, 0.1) is 5.92 Å². The summed E-state index contributed by atoms with van der Waals surface area (Å²) < 4.78 is 1.53. The van der Waals surface area contributed by atoms with Crippen LogP contribution in [0.25, 0.3) is 5.57 Å². The third-order valence-corrected chi connectivity index (χ3v) is 5.83. The summed E-state index contributed by atoms with van der Waals surface area (Å²) >= 11 is 0. The van der Waals surface area contributed by atoms with Crippen LogP contribution in [-0.2, 0) is 11.2 Å². The molecule has 31 heavy (non-hydrogen) atoms. The van der Waals surface area contributed by atoms with Gasteiger partial charge in [-0.25, -0.2) is 10.9 Å². The predicted molar refractivity (Wildman–Crippen MR) is 119 cm³/mol. The predicted octanol–water partition coefficient (Wildman–Crippen LogP) is 1.14. The van der Waals surface area contributed by atoms with Crippen molar-refractivity contribution < 1.29 is 14.7 Å². The maximum Gasteiger partial charge on any atom is 0.239 e. The third-order valence-electron chi connectivity index (χ3n) is 5.83. The number of aromatic nitrogens is 1. The minimum atomic E-state index is -0.306. The number of rotatable bonds is 5. The van der Waals surface area contributed by atoms with Gasteiger partial charge in [-0.2, -0.15) is 0 Å². The number of nitrogens with two attached hydrogens (primary N) is 2. The highest BCUT2D eigenvalue weighted by atomic mass is 16.3. The number of ketones is 1. The number of anilines is 1. The molecule has 1 aromatic heterocycles. The topological polar surface area (TPSA) is 139 Å². The van der Waals surface area contributed by atoms with Crippen molar-refractivity contribution >= 4 is 23.0 Å². The number of Topliss-reactive ketones (excluding diaryl/α,β-unsaturated/α-hetero) is 1. The Kier molecular flexibility index (Phi) is 5.71. The molecular formula is C22H28N6O3. The molecule has 4 rings (SSSR count). The first-order valence-corrected chi connectivity index (χ1v) is 10.4. The number of dihydropyridines is 1. The Bertz CT molecular complexity index is 1050. The van der Waals surface area contributed by atoms with Gasteiger partial charge in [-0.1, -0.05) is 18.2 Å². The first-order chi connectivity index (χ1) is 14.9. The van der Waals surface area contributed by atoms with Gasteiger partial charge in [-0.05, 0) is 37.3 Å². The maximum absolute atomic E-state index is 13.0. The van der Waals surface area contributed by atoms with E-state index >= 15 is 0 Å². The normalized spacial score (nSPS) is 20.3. The number of aliphatic hydroxyl groups excluding tert-OH is 1. The van der Waals surface area contributed by atoms with E-state index in [-0.39, 0.29) is 30.6 Å². The summed E-state index contributed by atoms with van der Waals surface area (Å²) in [5.74, 6) is 12.4. The molecule has 1 atom stereocenters. The summed E-state index contributed by atoms with van der Waals surface area (Å²) in [5.41, 5.74) is 4.20. The van der Waals surface area contributed by atoms with E-state index in [4.69, 9.17) is 11.7 Å². The van der Waals surface area contributed by atoms with Crippen LogP contribution in [0.1, 0.15) is 47.9 Å². The highest BCUT2D eigenvalue weighted by Gasteiger charge is 2.34. The van der Waals surface area contributed by atoms with Crippen molar-refractivity contribution in [2.75, 3.05) is 24.3 Å². The molecule has 164 valence electrons. The lowest BCUT2D eigenvalue weighted by Gasteiger charge is -2.24. The van der Waals surface area contributed by atoms with Crippen molar-refractivity contribution in [1.82, 2.24) is 15.0 Å². The molecule has 0 spiro atoms. The molecule has 1 aliphatic heterocycles. The lowest BCUT2D eigenvalue weighted by Crippen LogP contribution is -2.41. The van der Waals surface area contributed by atoms with Gasteiger partial charge in [0.05, 0.1) is 22.6 Å². The molecule has 3 aliphatic rings. The Balaban J connectivity index is 1.84. The number of allylic oxidation sites excluding steroid dienone is 5. The number of carbonyl (C=O) groups is 2. The molecule has 0 aromatic carbocycles. The van der Waals surface area contributed by atoms with Gasteiger partial charge in [0.15, 0.2) is 5.78 Å². The zero-order valence-electron chi connectivity index (χ0n) is 17.5. The van der Waals surface area contributed by atoms with Crippen LogP contribution < -0.4 is 22.3 Å². The van der Waals surface area contributed by atoms with Crippen molar-refractivity contribution in [2.45, 2.75) is 32.6 Å². The van der Waals surface area contributed by atoms with E-state index in [2.05, 4.69) is 22.8 Å². The van der Waals surface area contributed by atoms with Crippen LogP contribution in [0.3, 0.4) is 0 Å². The molecular weight excluding hydrogens is 396 g/mol. The molecule has 0 fully saturated rings. The average Bonchev–Trinajstić information content (AvgIpc) is 3.05. The fourth-order valence-corrected chi connectivity index (χ4v) is 4.25. The van der Waals surface area contributed by atoms with Crippen molar-refractivity contribution in [1.29, 1.82) is 0 Å². The van der Waals surface area contributed by atoms with Gasteiger partial charge in [0.25, 0.3) is 0 Å². The minimum Gasteiger partial charge on any atom is -0.396 e. The molecule has 0 saturated carbocycles. The summed E-state index contributed by atoms with van der Waals surface area (Å²) in [5, 5.41) is 17.2. The highest BCUT2D eigenvalue weighted by Crippen LogP contribution is 2.39. The van der Waals surface area contributed by atoms with Gasteiger partial charge in [-0.3, -0.25) is 14.3 Å². The second kappa shape index (κ2) is 8.44. The number of hydrogen-bond donors (Lipinski definition) is 5. The van der Waals surface area contributed by atoms with E-state index in [1.807, 2.05) is 12.2 Å². The first kappa shape index (κ1) is 21.0. The number of nitrogens with one attached hydrogen (secondary N) is 2. The average molecular weight is 425 g/mol. The summed E-state index contributed by atoms with van der Waals surface area (Å²) in [7, 11) is 0. The van der Waals surface area contributed by atoms with Gasteiger partial charge in [0, 0.05) is 37.8 Å². The molecule has 0 saturated heterocycles. The Morgan fingerprint density at radius 3 is 2.84 bits per heavy atom. The van der Waals surface area contributed by atoms with Crippen LogP contribution in [0.5, 0.6) is 0 Å². The largest absolute Gasteiger partial charge is 0.396 e. The Morgan fingerprint density at radius 1 is 1.35 bits per heavy atom. The molecule has 1 aromatic rings. The zero-order chi connectivity index (χ0) is 22.1. The van der Waals surface area contributed by atoms with Crippen molar-refractivity contribution in [3.05, 3.63) is 58.8 Å². The van der Waals surface area contributed by atoms with Gasteiger partial charge in [-0.15, -0.1) is 0 Å². The lowest BCUT2D eigenvalue weighted by molar-refractivity contribution is -0.127. The van der Waals surface area contributed by atoms with Crippen molar-refractivity contribution in [3.63, 3.8) is 0 Å². The molecule has 0 radical (unpaired) electrons. The number of hydrogen-bond acceptors (Lipinski definition) is 7. The molecule has 2 aliphatic carbocycles. The second-order valence-electron chi connectivity index (χ2n) is 8.02. The first-order valence-electron chi connectivity index (χ1n) is 10.4. The van der Waals surface area contributed by atoms with Crippen LogP contribution >= 0.6 is 0 Å². The minimum absolute atomic E-state index is 0.0448. The maximum atomic E-state index is 13.0.